The molecular formula is C20H16Cl2N2O3S. The summed E-state index contributed by atoms with van der Waals surface area (Å²) in [6, 6.07) is 12.4. The first-order valence-corrected chi connectivity index (χ1v) is 9.43. The predicted octanol–water partition coefficient (Wildman–Crippen LogP) is 4.17. The van der Waals surface area contributed by atoms with E-state index in [1.54, 1.807) is 30.3 Å². The average molecular weight is 435 g/mol. The Bertz CT molecular complexity index is 981. The lowest BCUT2D eigenvalue weighted by Gasteiger charge is -2.31. The first-order valence-electron chi connectivity index (χ1n) is 8.27. The van der Waals surface area contributed by atoms with Crippen molar-refractivity contribution >= 4 is 58.4 Å². The summed E-state index contributed by atoms with van der Waals surface area (Å²) >= 11 is 17.1. The highest BCUT2D eigenvalue weighted by molar-refractivity contribution is 7.80. The Morgan fingerprint density at radius 2 is 1.64 bits per heavy atom. The van der Waals surface area contributed by atoms with Gasteiger partial charge in [-0.05, 0) is 42.1 Å². The fourth-order valence-corrected chi connectivity index (χ4v) is 3.14. The van der Waals surface area contributed by atoms with Crippen molar-refractivity contribution < 1.29 is 14.3 Å². The Labute approximate surface area is 178 Å². The van der Waals surface area contributed by atoms with Crippen LogP contribution in [-0.2, 0) is 16.2 Å². The molecule has 1 saturated heterocycles. The normalized spacial score (nSPS) is 14.6. The summed E-state index contributed by atoms with van der Waals surface area (Å²) in [4.78, 5) is 27.6. The first-order chi connectivity index (χ1) is 13.3. The smallest absolute Gasteiger partial charge is 0.265 e. The molecule has 3 rings (SSSR count). The van der Waals surface area contributed by atoms with E-state index in [0.717, 1.165) is 5.56 Å². The molecule has 5 nitrogen and oxygen atoms in total. The summed E-state index contributed by atoms with van der Waals surface area (Å²) in [7, 11) is 3.07. The van der Waals surface area contributed by atoms with Gasteiger partial charge in [-0.3, -0.25) is 19.4 Å². The topological polar surface area (TPSA) is 49.9 Å². The third-order valence-corrected chi connectivity index (χ3v) is 5.53. The SMILES string of the molecule is CN1C(=O)C(=Cc2ccccc2OCc2ccc(Cl)c(Cl)c2)C(=O)N(C)C1=S. The minimum Gasteiger partial charge on any atom is -0.488 e. The first kappa shape index (κ1) is 20.3. The summed E-state index contributed by atoms with van der Waals surface area (Å²) in [6.07, 6.45) is 1.52. The number of likely N-dealkylation sites (N-methyl/N-ethyl adjacent to an activating group) is 2. The van der Waals surface area contributed by atoms with E-state index in [1.807, 2.05) is 12.1 Å². The van der Waals surface area contributed by atoms with Crippen LogP contribution >= 0.6 is 35.4 Å². The van der Waals surface area contributed by atoms with E-state index in [9.17, 15) is 9.59 Å². The van der Waals surface area contributed by atoms with Gasteiger partial charge in [-0.2, -0.15) is 0 Å². The number of carbonyl (C=O) groups is 2. The second-order valence-electron chi connectivity index (χ2n) is 6.14. The van der Waals surface area contributed by atoms with E-state index < -0.39 is 11.8 Å². The molecule has 0 spiro atoms. The van der Waals surface area contributed by atoms with Gasteiger partial charge in [0.2, 0.25) is 0 Å². The Hall–Kier alpha value is -2.41. The van der Waals surface area contributed by atoms with Crippen molar-refractivity contribution in [3.05, 3.63) is 69.2 Å². The minimum atomic E-state index is -0.451. The van der Waals surface area contributed by atoms with Crippen molar-refractivity contribution in [2.24, 2.45) is 0 Å². The Morgan fingerprint density at radius 1 is 1.00 bits per heavy atom. The number of thiocarbonyl (C=S) groups is 1. The van der Waals surface area contributed by atoms with Gasteiger partial charge in [0.15, 0.2) is 5.11 Å². The van der Waals surface area contributed by atoms with Crippen molar-refractivity contribution in [3.8, 4) is 5.75 Å². The average Bonchev–Trinajstić information content (AvgIpc) is 2.70. The third kappa shape index (κ3) is 4.04. The molecule has 1 heterocycles. The summed E-state index contributed by atoms with van der Waals surface area (Å²) in [5, 5.41) is 1.07. The summed E-state index contributed by atoms with van der Waals surface area (Å²) in [5.41, 5.74) is 1.46. The maximum atomic E-state index is 12.5. The van der Waals surface area contributed by atoms with E-state index in [1.165, 1.54) is 30.0 Å². The molecule has 8 heteroatoms. The van der Waals surface area contributed by atoms with Crippen LogP contribution in [0.3, 0.4) is 0 Å². The van der Waals surface area contributed by atoms with Gasteiger partial charge in [0, 0.05) is 19.7 Å². The second-order valence-corrected chi connectivity index (χ2v) is 7.32. The molecule has 1 aliphatic rings. The molecule has 0 bridgehead atoms. The number of halogens is 2. The van der Waals surface area contributed by atoms with E-state index in [-0.39, 0.29) is 17.3 Å². The number of benzene rings is 2. The number of rotatable bonds is 4. The summed E-state index contributed by atoms with van der Waals surface area (Å²) in [5.74, 6) is -0.375. The third-order valence-electron chi connectivity index (χ3n) is 4.24. The lowest BCUT2D eigenvalue weighted by molar-refractivity contribution is -0.132. The molecule has 0 radical (unpaired) electrons. The molecule has 1 aliphatic heterocycles. The van der Waals surface area contributed by atoms with Crippen LogP contribution in [0.2, 0.25) is 10.0 Å². The van der Waals surface area contributed by atoms with E-state index >= 15 is 0 Å². The highest BCUT2D eigenvalue weighted by Gasteiger charge is 2.35. The van der Waals surface area contributed by atoms with Gasteiger partial charge < -0.3 is 4.74 Å². The summed E-state index contributed by atoms with van der Waals surface area (Å²) < 4.78 is 5.88. The zero-order valence-corrected chi connectivity index (χ0v) is 17.4. The van der Waals surface area contributed by atoms with Crippen LogP contribution in [0.25, 0.3) is 6.08 Å². The Kier molecular flexibility index (Phi) is 6.03. The van der Waals surface area contributed by atoms with E-state index in [0.29, 0.717) is 21.4 Å². The van der Waals surface area contributed by atoms with Crippen LogP contribution in [0.15, 0.2) is 48.0 Å². The van der Waals surface area contributed by atoms with Gasteiger partial charge >= 0.3 is 0 Å². The zero-order chi connectivity index (χ0) is 20.4. The molecule has 2 aromatic carbocycles. The van der Waals surface area contributed by atoms with Crippen LogP contribution in [0.5, 0.6) is 5.75 Å². The quantitative estimate of drug-likeness (QED) is 0.411. The number of amides is 2. The second kappa shape index (κ2) is 8.31. The number of para-hydroxylation sites is 1. The van der Waals surface area contributed by atoms with Crippen LogP contribution < -0.4 is 4.74 Å². The van der Waals surface area contributed by atoms with Crippen molar-refractivity contribution in [1.29, 1.82) is 0 Å². The molecule has 2 amide bonds. The molecule has 144 valence electrons. The number of ether oxygens (including phenoxy) is 1. The molecule has 0 aromatic heterocycles. The lowest BCUT2D eigenvalue weighted by atomic mass is 10.1. The largest absolute Gasteiger partial charge is 0.488 e. The van der Waals surface area contributed by atoms with Crippen LogP contribution in [0.1, 0.15) is 11.1 Å². The molecule has 0 unspecified atom stereocenters. The van der Waals surface area contributed by atoms with Crippen LogP contribution in [0, 0.1) is 0 Å². The van der Waals surface area contributed by atoms with E-state index in [4.69, 9.17) is 40.2 Å². The monoisotopic (exact) mass is 434 g/mol. The highest BCUT2D eigenvalue weighted by atomic mass is 35.5. The maximum absolute atomic E-state index is 12.5. The summed E-state index contributed by atoms with van der Waals surface area (Å²) in [6.45, 7) is 0.253. The Morgan fingerprint density at radius 3 is 2.29 bits per heavy atom. The standard InChI is InChI=1S/C20H16Cl2N2O3S/c1-23-18(25)14(19(26)24(2)20(23)28)10-13-5-3-4-6-17(13)27-11-12-7-8-15(21)16(22)9-12/h3-10H,11H2,1-2H3. The van der Waals surface area contributed by atoms with Gasteiger partial charge in [0.05, 0.1) is 10.0 Å². The zero-order valence-electron chi connectivity index (χ0n) is 15.1. The minimum absolute atomic E-state index is 0.0178. The van der Waals surface area contributed by atoms with Gasteiger partial charge in [0.1, 0.15) is 17.9 Å². The number of nitrogens with zero attached hydrogens (tertiary/aromatic N) is 2. The predicted molar refractivity (Wildman–Crippen MR) is 113 cm³/mol. The van der Waals surface area contributed by atoms with Gasteiger partial charge in [-0.1, -0.05) is 47.5 Å². The fourth-order valence-electron chi connectivity index (χ4n) is 2.65. The van der Waals surface area contributed by atoms with Crippen molar-refractivity contribution in [2.45, 2.75) is 6.61 Å². The highest BCUT2D eigenvalue weighted by Crippen LogP contribution is 2.27. The molecule has 2 aromatic rings. The maximum Gasteiger partial charge on any atom is 0.265 e. The van der Waals surface area contributed by atoms with Crippen LogP contribution in [-0.4, -0.2) is 40.8 Å². The van der Waals surface area contributed by atoms with Gasteiger partial charge in [-0.15, -0.1) is 0 Å². The van der Waals surface area contributed by atoms with Gasteiger partial charge in [0.25, 0.3) is 11.8 Å². The molecule has 0 atom stereocenters. The van der Waals surface area contributed by atoms with Gasteiger partial charge in [-0.25, -0.2) is 0 Å². The van der Waals surface area contributed by atoms with Crippen molar-refractivity contribution in [2.75, 3.05) is 14.1 Å². The molecule has 0 saturated carbocycles. The van der Waals surface area contributed by atoms with E-state index in [2.05, 4.69) is 0 Å². The van der Waals surface area contributed by atoms with Crippen LogP contribution in [0.4, 0.5) is 0 Å². The lowest BCUT2D eigenvalue weighted by Crippen LogP contribution is -2.52. The van der Waals surface area contributed by atoms with Crippen molar-refractivity contribution in [1.82, 2.24) is 9.80 Å². The molecule has 0 N–H and O–H groups in total. The molecular weight excluding hydrogens is 419 g/mol. The molecule has 28 heavy (non-hydrogen) atoms. The van der Waals surface area contributed by atoms with Crippen molar-refractivity contribution in [3.63, 3.8) is 0 Å². The fraction of sp³-hybridized carbons (Fsp3) is 0.150. The number of carbonyl (C=O) groups excluding carboxylic acids is 2. The molecule has 1 fully saturated rings. The number of hydrogen-bond acceptors (Lipinski definition) is 4. The molecule has 0 aliphatic carbocycles. The number of hydrogen-bond donors (Lipinski definition) is 0. The Balaban J connectivity index is 1.88.